The number of nitrogens with two attached hydrogens (primary N) is 1. The smallest absolute Gasteiger partial charge is 0.331 e. The number of sulfonamides is 1. The monoisotopic (exact) mass is 477 g/mol. The van der Waals surface area contributed by atoms with Crippen molar-refractivity contribution in [1.29, 1.82) is 0 Å². The van der Waals surface area contributed by atoms with Gasteiger partial charge in [-0.15, -0.1) is 0 Å². The first-order valence-electron chi connectivity index (χ1n) is 11.6. The van der Waals surface area contributed by atoms with E-state index in [0.717, 1.165) is 32.5 Å². The summed E-state index contributed by atoms with van der Waals surface area (Å²) >= 11 is 0. The second kappa shape index (κ2) is 11.2. The minimum atomic E-state index is -4.15. The van der Waals surface area contributed by atoms with Gasteiger partial charge in [0.25, 0.3) is 0 Å². The summed E-state index contributed by atoms with van der Waals surface area (Å²) in [5, 5.41) is 14.2. The fourth-order valence-corrected chi connectivity index (χ4v) is 5.70. The number of nitrogens with zero attached hydrogens (tertiary/aromatic N) is 2. The summed E-state index contributed by atoms with van der Waals surface area (Å²) in [6, 6.07) is 8.93. The number of hydrogen-bond donors (Lipinski definition) is 2. The number of benzene rings is 1. The number of carbonyl (C=O) groups is 1. The predicted molar refractivity (Wildman–Crippen MR) is 128 cm³/mol. The van der Waals surface area contributed by atoms with E-state index in [9.17, 15) is 18.3 Å². The summed E-state index contributed by atoms with van der Waals surface area (Å²) in [7, 11) is -4.15. The molecule has 0 bridgehead atoms. The van der Waals surface area contributed by atoms with Crippen molar-refractivity contribution in [1.82, 2.24) is 9.80 Å². The fraction of sp³-hybridized carbons (Fsp3) is 0.542. The molecule has 3 N–H and O–H groups in total. The summed E-state index contributed by atoms with van der Waals surface area (Å²) in [6.07, 6.45) is 5.76. The van der Waals surface area contributed by atoms with E-state index < -0.39 is 27.2 Å². The summed E-state index contributed by atoms with van der Waals surface area (Å²) < 4.78 is 31.6. The van der Waals surface area contributed by atoms with Crippen LogP contribution in [0.5, 0.6) is 5.75 Å². The Bertz CT molecular complexity index is 985. The number of carboxylic acid groups (broad SMARTS) is 1. The number of ether oxygens (including phenoxy) is 1. The first kappa shape index (κ1) is 25.3. The Morgan fingerprint density at radius 2 is 1.88 bits per heavy atom. The molecule has 9 heteroatoms. The summed E-state index contributed by atoms with van der Waals surface area (Å²) in [6.45, 7) is 7.87. The average Bonchev–Trinajstić information content (AvgIpc) is 3.28. The van der Waals surface area contributed by atoms with Gasteiger partial charge >= 0.3 is 5.97 Å². The maximum atomic E-state index is 12.7. The number of allylic oxidation sites excluding steroid dienone is 1. The van der Waals surface area contributed by atoms with E-state index in [2.05, 4.69) is 16.7 Å². The lowest BCUT2D eigenvalue weighted by Crippen LogP contribution is -2.44. The van der Waals surface area contributed by atoms with Gasteiger partial charge in [0, 0.05) is 31.1 Å². The zero-order valence-corrected chi connectivity index (χ0v) is 20.3. The normalized spacial score (nSPS) is 21.7. The minimum absolute atomic E-state index is 0.0205. The number of para-hydroxylation sites is 1. The Kier molecular flexibility index (Phi) is 8.56. The Hall–Kier alpha value is -2.36. The molecule has 3 rings (SSSR count). The van der Waals surface area contributed by atoms with Crippen LogP contribution in [0.2, 0.25) is 0 Å². The Morgan fingerprint density at radius 3 is 2.45 bits per heavy atom. The third-order valence-corrected chi connectivity index (χ3v) is 7.66. The van der Waals surface area contributed by atoms with E-state index in [4.69, 9.17) is 9.88 Å². The third kappa shape index (κ3) is 6.37. The van der Waals surface area contributed by atoms with Crippen molar-refractivity contribution in [2.24, 2.45) is 11.1 Å². The molecule has 8 nitrogen and oxygen atoms in total. The lowest BCUT2D eigenvalue weighted by Gasteiger charge is -2.36. The number of likely N-dealkylation sites (tertiary alicyclic amines) is 1. The van der Waals surface area contributed by atoms with Gasteiger partial charge in [0.1, 0.15) is 16.8 Å². The van der Waals surface area contributed by atoms with Crippen LogP contribution >= 0.6 is 0 Å². The molecule has 0 radical (unpaired) electrons. The SMILES string of the molecule is CCCCN(CCN1CCCC1)C1=C(Oc2ccccc2)C(S(N)(=O)=O)C(C)C(C(=O)O)=C1. The average molecular weight is 478 g/mol. The highest BCUT2D eigenvalue weighted by molar-refractivity contribution is 7.90. The molecule has 1 aliphatic carbocycles. The zero-order valence-electron chi connectivity index (χ0n) is 19.4. The van der Waals surface area contributed by atoms with Crippen molar-refractivity contribution in [3.05, 3.63) is 53.4 Å². The molecule has 0 saturated carbocycles. The van der Waals surface area contributed by atoms with Crippen LogP contribution in [0, 0.1) is 5.92 Å². The van der Waals surface area contributed by atoms with Crippen LogP contribution < -0.4 is 9.88 Å². The van der Waals surface area contributed by atoms with Gasteiger partial charge in [0.05, 0.1) is 5.70 Å². The highest BCUT2D eigenvalue weighted by atomic mass is 32.2. The van der Waals surface area contributed by atoms with Crippen LogP contribution in [0.3, 0.4) is 0 Å². The molecular formula is C24H35N3O5S. The summed E-state index contributed by atoms with van der Waals surface area (Å²) in [4.78, 5) is 16.5. The Balaban J connectivity index is 2.10. The maximum absolute atomic E-state index is 12.7. The van der Waals surface area contributed by atoms with Gasteiger partial charge in [-0.1, -0.05) is 38.5 Å². The van der Waals surface area contributed by atoms with E-state index in [1.165, 1.54) is 12.8 Å². The molecule has 182 valence electrons. The molecule has 2 unspecified atom stereocenters. The number of primary sulfonamides is 1. The number of hydrogen-bond acceptors (Lipinski definition) is 6. The number of aliphatic carboxylic acids is 1. The minimum Gasteiger partial charge on any atom is -0.478 e. The van der Waals surface area contributed by atoms with Crippen molar-refractivity contribution in [3.8, 4) is 5.75 Å². The molecule has 1 aromatic rings. The molecule has 2 atom stereocenters. The highest BCUT2D eigenvalue weighted by Gasteiger charge is 2.43. The molecule has 1 heterocycles. The quantitative estimate of drug-likeness (QED) is 0.504. The van der Waals surface area contributed by atoms with Gasteiger partial charge in [0.2, 0.25) is 10.0 Å². The van der Waals surface area contributed by atoms with Gasteiger partial charge in [-0.3, -0.25) is 0 Å². The van der Waals surface area contributed by atoms with Gasteiger partial charge in [0.15, 0.2) is 0 Å². The van der Waals surface area contributed by atoms with Gasteiger partial charge < -0.3 is 19.6 Å². The van der Waals surface area contributed by atoms with Crippen molar-refractivity contribution in [3.63, 3.8) is 0 Å². The van der Waals surface area contributed by atoms with Gasteiger partial charge in [-0.25, -0.2) is 18.4 Å². The molecule has 1 aliphatic heterocycles. The Morgan fingerprint density at radius 1 is 1.21 bits per heavy atom. The Labute approximate surface area is 196 Å². The fourth-order valence-electron chi connectivity index (χ4n) is 4.52. The maximum Gasteiger partial charge on any atom is 0.331 e. The van der Waals surface area contributed by atoms with Crippen LogP contribution in [0.1, 0.15) is 39.5 Å². The first-order valence-corrected chi connectivity index (χ1v) is 13.2. The van der Waals surface area contributed by atoms with Gasteiger partial charge in [-0.2, -0.15) is 0 Å². The van der Waals surface area contributed by atoms with E-state index in [1.807, 2.05) is 6.07 Å². The molecule has 1 aromatic carbocycles. The predicted octanol–water partition coefficient (Wildman–Crippen LogP) is 2.79. The van der Waals surface area contributed by atoms with Gasteiger partial charge in [-0.05, 0) is 50.6 Å². The molecule has 0 amide bonds. The molecule has 1 fully saturated rings. The van der Waals surface area contributed by atoms with Crippen molar-refractivity contribution < 1.29 is 23.1 Å². The molecule has 33 heavy (non-hydrogen) atoms. The third-order valence-electron chi connectivity index (χ3n) is 6.33. The number of carboxylic acids is 1. The summed E-state index contributed by atoms with van der Waals surface area (Å²) in [5.74, 6) is -1.33. The molecular weight excluding hydrogens is 442 g/mol. The second-order valence-electron chi connectivity index (χ2n) is 8.76. The van der Waals surface area contributed by atoms with Crippen LogP contribution in [-0.2, 0) is 14.8 Å². The molecule has 2 aliphatic rings. The van der Waals surface area contributed by atoms with E-state index in [0.29, 0.717) is 24.5 Å². The standard InChI is InChI=1S/C24H35N3O5S/c1-3-4-14-27(16-15-26-12-8-9-13-26)21-17-20(24(28)29)18(2)23(33(25,30)31)22(21)32-19-10-6-5-7-11-19/h5-7,10-11,17-18,23H,3-4,8-9,12-16H2,1-2H3,(H,28,29)(H2,25,30,31). The van der Waals surface area contributed by atoms with Crippen LogP contribution in [-0.4, -0.2) is 67.3 Å². The molecule has 1 saturated heterocycles. The van der Waals surface area contributed by atoms with E-state index in [1.54, 1.807) is 37.3 Å². The molecule has 0 spiro atoms. The molecule has 0 aromatic heterocycles. The lowest BCUT2D eigenvalue weighted by molar-refractivity contribution is -0.133. The lowest BCUT2D eigenvalue weighted by atomic mass is 9.89. The van der Waals surface area contributed by atoms with E-state index in [-0.39, 0.29) is 11.3 Å². The van der Waals surface area contributed by atoms with Crippen molar-refractivity contribution >= 4 is 16.0 Å². The highest BCUT2D eigenvalue weighted by Crippen LogP contribution is 2.36. The van der Waals surface area contributed by atoms with E-state index >= 15 is 0 Å². The largest absolute Gasteiger partial charge is 0.478 e. The van der Waals surface area contributed by atoms with Crippen molar-refractivity contribution in [2.75, 3.05) is 32.7 Å². The zero-order chi connectivity index (χ0) is 24.0. The van der Waals surface area contributed by atoms with Crippen LogP contribution in [0.25, 0.3) is 0 Å². The van der Waals surface area contributed by atoms with Crippen molar-refractivity contribution in [2.45, 2.75) is 44.8 Å². The topological polar surface area (TPSA) is 113 Å². The number of rotatable bonds is 11. The second-order valence-corrected chi connectivity index (χ2v) is 10.4. The van der Waals surface area contributed by atoms with Crippen LogP contribution in [0.15, 0.2) is 53.4 Å². The number of unbranched alkanes of at least 4 members (excludes halogenated alkanes) is 1. The van der Waals surface area contributed by atoms with Crippen LogP contribution in [0.4, 0.5) is 0 Å². The summed E-state index contributed by atoms with van der Waals surface area (Å²) in [5.41, 5.74) is 0.508. The first-order chi connectivity index (χ1) is 15.7.